The quantitative estimate of drug-likeness (QED) is 0.788. The average molecular weight is 375 g/mol. The largest absolute Gasteiger partial charge is 0.479 e. The van der Waals surface area contributed by atoms with E-state index in [-0.39, 0.29) is 24.1 Å². The molecule has 2 amide bonds. The summed E-state index contributed by atoms with van der Waals surface area (Å²) in [6.07, 6.45) is -0.226. The van der Waals surface area contributed by atoms with E-state index in [1.165, 1.54) is 21.6 Å². The van der Waals surface area contributed by atoms with E-state index >= 15 is 0 Å². The fourth-order valence-electron chi connectivity index (χ4n) is 2.55. The van der Waals surface area contributed by atoms with E-state index in [0.29, 0.717) is 29.4 Å². The molecule has 1 aliphatic heterocycles. The maximum Gasteiger partial charge on any atom is 0.355 e. The number of aromatic nitrogens is 1. The lowest BCUT2D eigenvalue weighted by Crippen LogP contribution is -2.49. The normalized spacial score (nSPS) is 16.0. The summed E-state index contributed by atoms with van der Waals surface area (Å²) in [4.78, 5) is 40.7. The van der Waals surface area contributed by atoms with Crippen LogP contribution in [-0.2, 0) is 16.0 Å². The predicted octanol–water partition coefficient (Wildman–Crippen LogP) is 1.31. The number of fused-ring (bicyclic) bond motifs is 1. The van der Waals surface area contributed by atoms with Crippen molar-refractivity contribution >= 4 is 34.8 Å². The molecular weight excluding hydrogens is 358 g/mol. The molecule has 0 fully saturated rings. The van der Waals surface area contributed by atoms with E-state index in [2.05, 4.69) is 10.3 Å². The van der Waals surface area contributed by atoms with Gasteiger partial charge in [-0.05, 0) is 19.1 Å². The van der Waals surface area contributed by atoms with Crippen LogP contribution in [-0.4, -0.2) is 47.1 Å². The number of carbonyl (C=O) groups excluding carboxylic acids is 2. The van der Waals surface area contributed by atoms with Crippen LogP contribution in [0, 0.1) is 0 Å². The van der Waals surface area contributed by atoms with Crippen molar-refractivity contribution in [2.75, 3.05) is 18.0 Å². The zero-order chi connectivity index (χ0) is 18.7. The zero-order valence-corrected chi connectivity index (χ0v) is 14.8. The molecule has 2 N–H and O–H groups in total. The van der Waals surface area contributed by atoms with Gasteiger partial charge in [0.1, 0.15) is 12.3 Å². The van der Waals surface area contributed by atoms with Crippen molar-refractivity contribution in [2.24, 2.45) is 0 Å². The molecule has 2 aromatic rings. The van der Waals surface area contributed by atoms with Gasteiger partial charge in [0.15, 0.2) is 11.8 Å². The number of hydrogen-bond acceptors (Lipinski definition) is 6. The van der Waals surface area contributed by atoms with E-state index in [4.69, 9.17) is 9.84 Å². The highest BCUT2D eigenvalue weighted by Crippen LogP contribution is 2.33. The molecule has 3 rings (SSSR count). The summed E-state index contributed by atoms with van der Waals surface area (Å²) in [5, 5.41) is 13.7. The first kappa shape index (κ1) is 17.9. The van der Waals surface area contributed by atoms with E-state index in [1.807, 2.05) is 0 Å². The van der Waals surface area contributed by atoms with E-state index in [0.717, 1.165) is 0 Å². The second-order valence-corrected chi connectivity index (χ2v) is 6.63. The number of benzene rings is 1. The molecule has 26 heavy (non-hydrogen) atoms. The molecule has 1 aromatic heterocycles. The lowest BCUT2D eigenvalue weighted by atomic mass is 10.2. The maximum absolute atomic E-state index is 12.3. The number of rotatable bonds is 6. The van der Waals surface area contributed by atoms with Gasteiger partial charge < -0.3 is 15.2 Å². The third kappa shape index (κ3) is 3.83. The number of carboxylic acid groups (broad SMARTS) is 1. The molecule has 136 valence electrons. The molecule has 8 nitrogen and oxygen atoms in total. The summed E-state index contributed by atoms with van der Waals surface area (Å²) in [5.41, 5.74) is 0.567. The second-order valence-electron chi connectivity index (χ2n) is 5.68. The van der Waals surface area contributed by atoms with Gasteiger partial charge in [-0.25, -0.2) is 9.78 Å². The van der Waals surface area contributed by atoms with Crippen molar-refractivity contribution in [1.82, 2.24) is 10.3 Å². The van der Waals surface area contributed by atoms with Gasteiger partial charge in [0.2, 0.25) is 5.91 Å². The smallest absolute Gasteiger partial charge is 0.355 e. The number of aromatic carboxylic acids is 1. The molecule has 1 aromatic carbocycles. The molecule has 0 saturated heterocycles. The second kappa shape index (κ2) is 7.52. The minimum atomic E-state index is -1.07. The summed E-state index contributed by atoms with van der Waals surface area (Å²) in [6.45, 7) is 1.84. The Balaban J connectivity index is 1.57. The number of nitrogens with one attached hydrogen (secondary N) is 1. The number of anilines is 1. The Hall–Kier alpha value is -2.94. The number of amides is 2. The molecule has 1 unspecified atom stereocenters. The summed E-state index contributed by atoms with van der Waals surface area (Å²) >= 11 is 1.23. The van der Waals surface area contributed by atoms with E-state index in [1.54, 1.807) is 31.2 Å². The van der Waals surface area contributed by atoms with Crippen LogP contribution in [0.3, 0.4) is 0 Å². The van der Waals surface area contributed by atoms with Gasteiger partial charge in [-0.3, -0.25) is 14.5 Å². The Morgan fingerprint density at radius 2 is 2.15 bits per heavy atom. The molecule has 0 spiro atoms. The van der Waals surface area contributed by atoms with Crippen LogP contribution in [0.1, 0.15) is 22.4 Å². The first-order chi connectivity index (χ1) is 12.5. The summed E-state index contributed by atoms with van der Waals surface area (Å²) in [7, 11) is 0. The number of nitrogens with zero attached hydrogens (tertiary/aromatic N) is 2. The predicted molar refractivity (Wildman–Crippen MR) is 94.7 cm³/mol. The van der Waals surface area contributed by atoms with Crippen LogP contribution in [0.15, 0.2) is 29.6 Å². The van der Waals surface area contributed by atoms with Crippen molar-refractivity contribution in [2.45, 2.75) is 19.4 Å². The Morgan fingerprint density at radius 1 is 1.38 bits per heavy atom. The minimum absolute atomic E-state index is 0.000773. The molecule has 1 aliphatic rings. The highest BCUT2D eigenvalue weighted by atomic mass is 32.1. The SMILES string of the molecule is CC1Oc2ccccc2N(CC(=O)NCCc2nc(C(=O)O)cs2)C1=O. The summed E-state index contributed by atoms with van der Waals surface area (Å²) < 4.78 is 5.54. The third-order valence-electron chi connectivity index (χ3n) is 3.81. The van der Waals surface area contributed by atoms with Gasteiger partial charge in [0.25, 0.3) is 5.91 Å². The molecule has 9 heteroatoms. The monoisotopic (exact) mass is 375 g/mol. The summed E-state index contributed by atoms with van der Waals surface area (Å²) in [5.74, 6) is -1.09. The van der Waals surface area contributed by atoms with Crippen LogP contribution in [0.5, 0.6) is 5.75 Å². The Morgan fingerprint density at radius 3 is 2.88 bits per heavy atom. The van der Waals surface area contributed by atoms with Gasteiger partial charge in [-0.2, -0.15) is 0 Å². The van der Waals surface area contributed by atoms with E-state index < -0.39 is 12.1 Å². The van der Waals surface area contributed by atoms with Gasteiger partial charge >= 0.3 is 5.97 Å². The Bertz CT molecular complexity index is 850. The maximum atomic E-state index is 12.3. The highest BCUT2D eigenvalue weighted by molar-refractivity contribution is 7.09. The van der Waals surface area contributed by atoms with Gasteiger partial charge in [-0.1, -0.05) is 12.1 Å². The van der Waals surface area contributed by atoms with Crippen LogP contribution < -0.4 is 15.0 Å². The van der Waals surface area contributed by atoms with Crippen LogP contribution >= 0.6 is 11.3 Å². The fraction of sp³-hybridized carbons (Fsp3) is 0.294. The average Bonchev–Trinajstić information content (AvgIpc) is 3.08. The Kier molecular flexibility index (Phi) is 5.17. The molecule has 0 bridgehead atoms. The van der Waals surface area contributed by atoms with Crippen molar-refractivity contribution in [3.05, 3.63) is 40.3 Å². The number of carbonyl (C=O) groups is 3. The van der Waals surface area contributed by atoms with Crippen LogP contribution in [0.25, 0.3) is 0 Å². The number of ether oxygens (including phenoxy) is 1. The van der Waals surface area contributed by atoms with Gasteiger partial charge in [0.05, 0.1) is 10.7 Å². The van der Waals surface area contributed by atoms with Crippen molar-refractivity contribution in [3.8, 4) is 5.75 Å². The lowest BCUT2D eigenvalue weighted by molar-refractivity contribution is -0.128. The van der Waals surface area contributed by atoms with Gasteiger partial charge in [0, 0.05) is 18.3 Å². The van der Waals surface area contributed by atoms with Gasteiger partial charge in [-0.15, -0.1) is 11.3 Å². The molecule has 1 atom stereocenters. The fourth-order valence-corrected chi connectivity index (χ4v) is 3.33. The molecule has 0 aliphatic carbocycles. The topological polar surface area (TPSA) is 109 Å². The van der Waals surface area contributed by atoms with Crippen molar-refractivity contribution in [3.63, 3.8) is 0 Å². The highest BCUT2D eigenvalue weighted by Gasteiger charge is 2.32. The number of para-hydroxylation sites is 2. The first-order valence-corrected chi connectivity index (χ1v) is 8.85. The zero-order valence-electron chi connectivity index (χ0n) is 14.0. The number of thiazole rings is 1. The summed E-state index contributed by atoms with van der Waals surface area (Å²) in [6, 6.07) is 7.07. The Labute approximate surface area is 153 Å². The lowest BCUT2D eigenvalue weighted by Gasteiger charge is -2.32. The number of hydrogen-bond donors (Lipinski definition) is 2. The molecular formula is C17H17N3O5S. The molecule has 0 radical (unpaired) electrons. The third-order valence-corrected chi connectivity index (χ3v) is 4.72. The molecule has 0 saturated carbocycles. The standard InChI is InChI=1S/C17H17N3O5S/c1-10-16(22)20(12-4-2-3-5-13(12)25-10)8-14(21)18-7-6-15-19-11(9-26-15)17(23)24/h2-5,9-10H,6-8H2,1H3,(H,18,21)(H,23,24). The first-order valence-electron chi connectivity index (χ1n) is 7.97. The van der Waals surface area contributed by atoms with Crippen LogP contribution in [0.2, 0.25) is 0 Å². The number of carboxylic acids is 1. The molecule has 2 heterocycles. The van der Waals surface area contributed by atoms with Crippen molar-refractivity contribution in [1.29, 1.82) is 0 Å². The van der Waals surface area contributed by atoms with Crippen LogP contribution in [0.4, 0.5) is 5.69 Å². The van der Waals surface area contributed by atoms with Crippen molar-refractivity contribution < 1.29 is 24.2 Å². The minimum Gasteiger partial charge on any atom is -0.479 e. The van der Waals surface area contributed by atoms with E-state index in [9.17, 15) is 14.4 Å².